The van der Waals surface area contributed by atoms with Crippen LogP contribution in [-0.2, 0) is 6.54 Å². The number of fused-ring (bicyclic) bond motifs is 1. The molecular weight excluding hydrogens is 246 g/mol. The number of rotatable bonds is 3. The maximum atomic E-state index is 4.68. The summed E-state index contributed by atoms with van der Waals surface area (Å²) in [6.45, 7) is 5.56. The monoisotopic (exact) mass is 269 g/mol. The molecule has 3 nitrogen and oxygen atoms in total. The second-order valence-corrected chi connectivity index (χ2v) is 6.10. The van der Waals surface area contributed by atoms with Crippen molar-refractivity contribution in [1.29, 1.82) is 0 Å². The Morgan fingerprint density at radius 1 is 1.15 bits per heavy atom. The van der Waals surface area contributed by atoms with Crippen LogP contribution in [0.25, 0.3) is 11.0 Å². The van der Waals surface area contributed by atoms with Gasteiger partial charge in [-0.15, -0.1) is 0 Å². The summed E-state index contributed by atoms with van der Waals surface area (Å²) in [5.41, 5.74) is 2.99. The van der Waals surface area contributed by atoms with Crippen molar-refractivity contribution >= 4 is 11.0 Å². The molecule has 3 unspecified atom stereocenters. The maximum Gasteiger partial charge on any atom is 0.0890 e. The molecular formula is C17H23N3. The van der Waals surface area contributed by atoms with Gasteiger partial charge in [0.2, 0.25) is 0 Å². The van der Waals surface area contributed by atoms with Crippen molar-refractivity contribution in [3.8, 4) is 0 Å². The fourth-order valence-electron chi connectivity index (χ4n) is 3.19. The average molecular weight is 269 g/mol. The third-order valence-corrected chi connectivity index (χ3v) is 4.75. The first-order chi connectivity index (χ1) is 9.74. The second kappa shape index (κ2) is 5.88. The van der Waals surface area contributed by atoms with Crippen LogP contribution in [0.2, 0.25) is 0 Å². The van der Waals surface area contributed by atoms with E-state index in [4.69, 9.17) is 0 Å². The molecule has 0 spiro atoms. The molecule has 1 aliphatic carbocycles. The smallest absolute Gasteiger partial charge is 0.0890 e. The van der Waals surface area contributed by atoms with Gasteiger partial charge >= 0.3 is 0 Å². The number of nitrogens with one attached hydrogen (secondary N) is 1. The summed E-state index contributed by atoms with van der Waals surface area (Å²) < 4.78 is 0. The van der Waals surface area contributed by atoms with Crippen molar-refractivity contribution < 1.29 is 0 Å². The first-order valence-corrected chi connectivity index (χ1v) is 7.68. The van der Waals surface area contributed by atoms with Crippen LogP contribution in [0.3, 0.4) is 0 Å². The van der Waals surface area contributed by atoms with Crippen LogP contribution in [0, 0.1) is 11.8 Å². The molecule has 106 valence electrons. The van der Waals surface area contributed by atoms with E-state index in [0.29, 0.717) is 6.04 Å². The lowest BCUT2D eigenvalue weighted by Gasteiger charge is -2.34. The second-order valence-electron chi connectivity index (χ2n) is 6.10. The van der Waals surface area contributed by atoms with Crippen molar-refractivity contribution in [1.82, 2.24) is 15.3 Å². The molecule has 20 heavy (non-hydrogen) atoms. The highest BCUT2D eigenvalue weighted by Gasteiger charge is 2.26. The summed E-state index contributed by atoms with van der Waals surface area (Å²) >= 11 is 0. The first-order valence-electron chi connectivity index (χ1n) is 7.68. The molecule has 0 radical (unpaired) electrons. The molecule has 1 fully saturated rings. The van der Waals surface area contributed by atoms with Crippen molar-refractivity contribution in [2.75, 3.05) is 0 Å². The Labute approximate surface area is 120 Å². The molecule has 1 N–H and O–H groups in total. The van der Waals surface area contributed by atoms with E-state index in [1.165, 1.54) is 19.3 Å². The van der Waals surface area contributed by atoms with Crippen molar-refractivity contribution in [3.63, 3.8) is 0 Å². The van der Waals surface area contributed by atoms with Gasteiger partial charge in [0.25, 0.3) is 0 Å². The largest absolute Gasteiger partial charge is 0.308 e. The predicted molar refractivity (Wildman–Crippen MR) is 82.3 cm³/mol. The maximum absolute atomic E-state index is 4.68. The van der Waals surface area contributed by atoms with E-state index in [2.05, 4.69) is 29.1 Å². The van der Waals surface area contributed by atoms with E-state index in [1.54, 1.807) is 0 Å². The SMILES string of the molecule is CC1CCCC(NCc2cnc3ccccc3n2)C1C. The summed E-state index contributed by atoms with van der Waals surface area (Å²) in [5, 5.41) is 3.68. The van der Waals surface area contributed by atoms with Gasteiger partial charge < -0.3 is 5.32 Å². The Bertz CT molecular complexity index is 581. The Balaban J connectivity index is 1.67. The first kappa shape index (κ1) is 13.5. The van der Waals surface area contributed by atoms with Gasteiger partial charge in [-0.1, -0.05) is 38.8 Å². The lowest BCUT2D eigenvalue weighted by molar-refractivity contribution is 0.205. The summed E-state index contributed by atoms with van der Waals surface area (Å²) in [6.07, 6.45) is 5.89. The van der Waals surface area contributed by atoms with Gasteiger partial charge in [-0.25, -0.2) is 4.98 Å². The quantitative estimate of drug-likeness (QED) is 0.926. The molecule has 1 aromatic carbocycles. The Kier molecular flexibility index (Phi) is 3.97. The van der Waals surface area contributed by atoms with Crippen LogP contribution in [0.4, 0.5) is 0 Å². The zero-order chi connectivity index (χ0) is 13.9. The van der Waals surface area contributed by atoms with Crippen molar-refractivity contribution in [2.45, 2.75) is 45.7 Å². The third kappa shape index (κ3) is 2.83. The minimum atomic E-state index is 0.618. The van der Waals surface area contributed by atoms with E-state index in [0.717, 1.165) is 35.1 Å². The Hall–Kier alpha value is -1.48. The van der Waals surface area contributed by atoms with Gasteiger partial charge in [0, 0.05) is 12.6 Å². The summed E-state index contributed by atoms with van der Waals surface area (Å²) in [6, 6.07) is 8.66. The van der Waals surface area contributed by atoms with E-state index in [1.807, 2.05) is 30.5 Å². The Morgan fingerprint density at radius 2 is 1.95 bits per heavy atom. The molecule has 3 rings (SSSR count). The standard InChI is InChI=1S/C17H23N3/c1-12-6-5-9-15(13(12)2)18-10-14-11-19-16-7-3-4-8-17(16)20-14/h3-4,7-8,11-13,15,18H,5-6,9-10H2,1-2H3. The highest BCUT2D eigenvalue weighted by atomic mass is 14.9. The highest BCUT2D eigenvalue weighted by molar-refractivity contribution is 5.73. The van der Waals surface area contributed by atoms with E-state index in [9.17, 15) is 0 Å². The van der Waals surface area contributed by atoms with Gasteiger partial charge in [0.15, 0.2) is 0 Å². The third-order valence-electron chi connectivity index (χ3n) is 4.75. The minimum absolute atomic E-state index is 0.618. The number of para-hydroxylation sites is 2. The van der Waals surface area contributed by atoms with Gasteiger partial charge in [-0.05, 0) is 30.4 Å². The molecule has 0 amide bonds. The van der Waals surface area contributed by atoms with Gasteiger partial charge in [0.05, 0.1) is 22.9 Å². The molecule has 1 aliphatic rings. The van der Waals surface area contributed by atoms with E-state index < -0.39 is 0 Å². The molecule has 1 heterocycles. The van der Waals surface area contributed by atoms with Crippen LogP contribution in [0.5, 0.6) is 0 Å². The molecule has 3 atom stereocenters. The van der Waals surface area contributed by atoms with Gasteiger partial charge in [0.1, 0.15) is 0 Å². The average Bonchev–Trinajstić information content (AvgIpc) is 2.48. The van der Waals surface area contributed by atoms with Crippen LogP contribution in [0.1, 0.15) is 38.8 Å². The van der Waals surface area contributed by atoms with Crippen molar-refractivity contribution in [3.05, 3.63) is 36.2 Å². The van der Waals surface area contributed by atoms with Gasteiger partial charge in [-0.3, -0.25) is 4.98 Å². The van der Waals surface area contributed by atoms with Crippen molar-refractivity contribution in [2.24, 2.45) is 11.8 Å². The zero-order valence-electron chi connectivity index (χ0n) is 12.3. The molecule has 1 aromatic heterocycles. The molecule has 0 bridgehead atoms. The number of benzene rings is 1. The number of hydrogen-bond acceptors (Lipinski definition) is 3. The number of nitrogens with zero attached hydrogens (tertiary/aromatic N) is 2. The van der Waals surface area contributed by atoms with E-state index in [-0.39, 0.29) is 0 Å². The zero-order valence-corrected chi connectivity index (χ0v) is 12.3. The molecule has 2 aromatic rings. The summed E-state index contributed by atoms with van der Waals surface area (Å²) in [7, 11) is 0. The molecule has 1 saturated carbocycles. The molecule has 3 heteroatoms. The number of aromatic nitrogens is 2. The fraction of sp³-hybridized carbons (Fsp3) is 0.529. The van der Waals surface area contributed by atoms with Gasteiger partial charge in [-0.2, -0.15) is 0 Å². The Morgan fingerprint density at radius 3 is 2.80 bits per heavy atom. The minimum Gasteiger partial charge on any atom is -0.308 e. The topological polar surface area (TPSA) is 37.8 Å². The highest BCUT2D eigenvalue weighted by Crippen LogP contribution is 2.29. The van der Waals surface area contributed by atoms with Crippen LogP contribution < -0.4 is 5.32 Å². The molecule has 0 aliphatic heterocycles. The fourth-order valence-corrected chi connectivity index (χ4v) is 3.19. The van der Waals surface area contributed by atoms with Crippen LogP contribution in [-0.4, -0.2) is 16.0 Å². The predicted octanol–water partition coefficient (Wildman–Crippen LogP) is 3.54. The summed E-state index contributed by atoms with van der Waals surface area (Å²) in [4.78, 5) is 9.16. The molecule has 0 saturated heterocycles. The van der Waals surface area contributed by atoms with E-state index >= 15 is 0 Å². The number of hydrogen-bond donors (Lipinski definition) is 1. The van der Waals surface area contributed by atoms with Crippen LogP contribution >= 0.6 is 0 Å². The van der Waals surface area contributed by atoms with Crippen LogP contribution in [0.15, 0.2) is 30.5 Å². The lowest BCUT2D eigenvalue weighted by atomic mass is 9.78. The summed E-state index contributed by atoms with van der Waals surface area (Å²) in [5.74, 6) is 1.57. The normalized spacial score (nSPS) is 26.8. The lowest BCUT2D eigenvalue weighted by Crippen LogP contribution is -2.40.